The van der Waals surface area contributed by atoms with Gasteiger partial charge in [-0.3, -0.25) is 0 Å². The van der Waals surface area contributed by atoms with Crippen LogP contribution in [0.2, 0.25) is 5.02 Å². The second kappa shape index (κ2) is 7.53. The van der Waals surface area contributed by atoms with Gasteiger partial charge in [0.05, 0.1) is 11.1 Å². The summed E-state index contributed by atoms with van der Waals surface area (Å²) in [6.07, 6.45) is 2.78. The summed E-state index contributed by atoms with van der Waals surface area (Å²) in [7, 11) is 0. The lowest BCUT2D eigenvalue weighted by molar-refractivity contribution is 0.129. The van der Waals surface area contributed by atoms with Crippen LogP contribution < -0.4 is 5.32 Å². The van der Waals surface area contributed by atoms with E-state index in [1.807, 2.05) is 0 Å². The summed E-state index contributed by atoms with van der Waals surface area (Å²) < 4.78 is 5.63. The molecule has 1 fully saturated rings. The summed E-state index contributed by atoms with van der Waals surface area (Å²) in [6, 6.07) is 6.83. The van der Waals surface area contributed by atoms with Gasteiger partial charge in [0.15, 0.2) is 0 Å². The van der Waals surface area contributed by atoms with Crippen molar-refractivity contribution in [2.75, 3.05) is 12.4 Å². The van der Waals surface area contributed by atoms with Crippen molar-refractivity contribution in [1.82, 2.24) is 5.32 Å². The van der Waals surface area contributed by atoms with Gasteiger partial charge in [-0.1, -0.05) is 31.5 Å². The molecule has 1 atom stereocenters. The van der Waals surface area contributed by atoms with Crippen molar-refractivity contribution < 1.29 is 4.74 Å². The van der Waals surface area contributed by atoms with E-state index < -0.39 is 0 Å². The standard InChI is InChI=1S/C15H22ClNOS/c1-11(2)17-9-12-5-6-15(14(16)8-12)19-10-13-4-3-7-18-13/h5-6,8,11,13,17H,3-4,7,9-10H2,1-2H3. The van der Waals surface area contributed by atoms with Gasteiger partial charge >= 0.3 is 0 Å². The summed E-state index contributed by atoms with van der Waals surface area (Å²) in [5.74, 6) is 1.00. The van der Waals surface area contributed by atoms with Crippen molar-refractivity contribution in [1.29, 1.82) is 0 Å². The number of thioether (sulfide) groups is 1. The van der Waals surface area contributed by atoms with Gasteiger partial charge in [0.1, 0.15) is 0 Å². The van der Waals surface area contributed by atoms with Gasteiger partial charge in [-0.2, -0.15) is 0 Å². The largest absolute Gasteiger partial charge is 0.377 e. The zero-order valence-electron chi connectivity index (χ0n) is 11.6. The van der Waals surface area contributed by atoms with E-state index in [1.54, 1.807) is 11.8 Å². The first-order chi connectivity index (χ1) is 9.15. The van der Waals surface area contributed by atoms with Gasteiger partial charge in [0.25, 0.3) is 0 Å². The van der Waals surface area contributed by atoms with Crippen molar-refractivity contribution in [2.45, 2.75) is 50.3 Å². The molecule has 0 aliphatic carbocycles. The average molecular weight is 300 g/mol. The van der Waals surface area contributed by atoms with Gasteiger partial charge in [-0.15, -0.1) is 11.8 Å². The Balaban J connectivity index is 1.87. The number of hydrogen-bond donors (Lipinski definition) is 1. The Morgan fingerprint density at radius 2 is 2.32 bits per heavy atom. The van der Waals surface area contributed by atoms with Crippen molar-refractivity contribution in [3.05, 3.63) is 28.8 Å². The van der Waals surface area contributed by atoms with E-state index in [-0.39, 0.29) is 0 Å². The van der Waals surface area contributed by atoms with E-state index in [9.17, 15) is 0 Å². The number of benzene rings is 1. The van der Waals surface area contributed by atoms with Crippen LogP contribution in [0.4, 0.5) is 0 Å². The number of halogens is 1. The highest BCUT2D eigenvalue weighted by Gasteiger charge is 2.16. The molecule has 0 bridgehead atoms. The SMILES string of the molecule is CC(C)NCc1ccc(SCC2CCCO2)c(Cl)c1. The zero-order chi connectivity index (χ0) is 13.7. The molecule has 4 heteroatoms. The Kier molecular flexibility index (Phi) is 6.02. The molecule has 1 saturated heterocycles. The highest BCUT2D eigenvalue weighted by atomic mass is 35.5. The van der Waals surface area contributed by atoms with Gasteiger partial charge in [-0.05, 0) is 30.5 Å². The summed E-state index contributed by atoms with van der Waals surface area (Å²) in [5.41, 5.74) is 1.24. The van der Waals surface area contributed by atoms with Crippen LogP contribution in [-0.4, -0.2) is 24.5 Å². The Bertz CT molecular complexity index is 405. The van der Waals surface area contributed by atoms with E-state index >= 15 is 0 Å². The molecule has 1 aromatic carbocycles. The third-order valence-corrected chi connectivity index (χ3v) is 4.79. The van der Waals surface area contributed by atoms with Crippen LogP contribution in [0.3, 0.4) is 0 Å². The topological polar surface area (TPSA) is 21.3 Å². The molecule has 1 aliphatic rings. The molecular formula is C15H22ClNOS. The summed E-state index contributed by atoms with van der Waals surface area (Å²) in [6.45, 7) is 6.08. The van der Waals surface area contributed by atoms with Crippen LogP contribution in [0.5, 0.6) is 0 Å². The Hall–Kier alpha value is -0.220. The highest BCUT2D eigenvalue weighted by Crippen LogP contribution is 2.30. The van der Waals surface area contributed by atoms with E-state index in [0.29, 0.717) is 12.1 Å². The number of ether oxygens (including phenoxy) is 1. The zero-order valence-corrected chi connectivity index (χ0v) is 13.2. The maximum atomic E-state index is 6.34. The second-order valence-electron chi connectivity index (χ2n) is 5.25. The molecule has 1 aliphatic heterocycles. The predicted octanol–water partition coefficient (Wildman–Crippen LogP) is 4.11. The van der Waals surface area contributed by atoms with Gasteiger partial charge in [0, 0.05) is 29.8 Å². The molecule has 106 valence electrons. The first kappa shape index (κ1) is 15.2. The molecule has 1 heterocycles. The smallest absolute Gasteiger partial charge is 0.0669 e. The Morgan fingerprint density at radius 3 is 2.95 bits per heavy atom. The monoisotopic (exact) mass is 299 g/mol. The van der Waals surface area contributed by atoms with Gasteiger partial charge in [0.2, 0.25) is 0 Å². The van der Waals surface area contributed by atoms with Crippen LogP contribution in [0.25, 0.3) is 0 Å². The number of nitrogens with one attached hydrogen (secondary N) is 1. The molecule has 0 amide bonds. The van der Waals surface area contributed by atoms with E-state index in [1.165, 1.54) is 18.4 Å². The first-order valence-corrected chi connectivity index (χ1v) is 8.27. The van der Waals surface area contributed by atoms with Crippen LogP contribution in [0, 0.1) is 0 Å². The number of hydrogen-bond acceptors (Lipinski definition) is 3. The Labute approximate surface area is 125 Å². The van der Waals surface area contributed by atoms with Crippen molar-refractivity contribution in [3.8, 4) is 0 Å². The third kappa shape index (κ3) is 4.99. The highest BCUT2D eigenvalue weighted by molar-refractivity contribution is 7.99. The summed E-state index contributed by atoms with van der Waals surface area (Å²) in [5, 5.41) is 4.25. The summed E-state index contributed by atoms with van der Waals surface area (Å²) in [4.78, 5) is 1.16. The van der Waals surface area contributed by atoms with E-state index in [4.69, 9.17) is 16.3 Å². The fourth-order valence-corrected chi connectivity index (χ4v) is 3.41. The molecule has 0 radical (unpaired) electrons. The van der Waals surface area contributed by atoms with Gasteiger partial charge in [-0.25, -0.2) is 0 Å². The molecule has 0 spiro atoms. The van der Waals surface area contributed by atoms with E-state index in [2.05, 4.69) is 37.4 Å². The molecule has 1 unspecified atom stereocenters. The van der Waals surface area contributed by atoms with E-state index in [0.717, 1.165) is 28.8 Å². The minimum atomic E-state index is 0.406. The van der Waals surface area contributed by atoms with Crippen molar-refractivity contribution in [2.24, 2.45) is 0 Å². The lowest BCUT2D eigenvalue weighted by atomic mass is 10.2. The molecular weight excluding hydrogens is 278 g/mol. The first-order valence-electron chi connectivity index (χ1n) is 6.91. The van der Waals surface area contributed by atoms with Crippen molar-refractivity contribution in [3.63, 3.8) is 0 Å². The summed E-state index contributed by atoms with van der Waals surface area (Å²) >= 11 is 8.14. The fourth-order valence-electron chi connectivity index (χ4n) is 2.05. The number of rotatable bonds is 6. The molecule has 2 rings (SSSR count). The molecule has 0 saturated carbocycles. The maximum Gasteiger partial charge on any atom is 0.0669 e. The normalized spacial score (nSPS) is 19.3. The van der Waals surface area contributed by atoms with Crippen LogP contribution in [0.1, 0.15) is 32.3 Å². The van der Waals surface area contributed by atoms with Crippen molar-refractivity contribution >= 4 is 23.4 Å². The fraction of sp³-hybridized carbons (Fsp3) is 0.600. The molecule has 2 nitrogen and oxygen atoms in total. The minimum absolute atomic E-state index is 0.406. The van der Waals surface area contributed by atoms with Gasteiger partial charge < -0.3 is 10.1 Å². The molecule has 1 N–H and O–H groups in total. The third-order valence-electron chi connectivity index (χ3n) is 3.16. The molecule has 1 aromatic rings. The Morgan fingerprint density at radius 1 is 1.47 bits per heavy atom. The minimum Gasteiger partial charge on any atom is -0.377 e. The predicted molar refractivity (Wildman–Crippen MR) is 83.1 cm³/mol. The van der Waals surface area contributed by atoms with Crippen LogP contribution in [-0.2, 0) is 11.3 Å². The van der Waals surface area contributed by atoms with Crippen LogP contribution >= 0.6 is 23.4 Å². The second-order valence-corrected chi connectivity index (χ2v) is 6.72. The van der Waals surface area contributed by atoms with Crippen LogP contribution in [0.15, 0.2) is 23.1 Å². The molecule has 0 aromatic heterocycles. The lowest BCUT2D eigenvalue weighted by Crippen LogP contribution is -2.21. The lowest BCUT2D eigenvalue weighted by Gasteiger charge is -2.12. The molecule has 19 heavy (non-hydrogen) atoms. The maximum absolute atomic E-state index is 6.34. The quantitative estimate of drug-likeness (QED) is 0.799. The average Bonchev–Trinajstić information content (AvgIpc) is 2.88.